The van der Waals surface area contributed by atoms with Crippen molar-refractivity contribution in [3.63, 3.8) is 0 Å². The van der Waals surface area contributed by atoms with Gasteiger partial charge in [0.15, 0.2) is 0 Å². The molecule has 0 saturated heterocycles. The van der Waals surface area contributed by atoms with Crippen LogP contribution in [0, 0.1) is 0 Å². The van der Waals surface area contributed by atoms with Crippen LogP contribution < -0.4 is 10.1 Å². The molecule has 1 N–H and O–H groups in total. The minimum absolute atomic E-state index is 0.164. The number of amides is 1. The molecule has 0 aromatic heterocycles. The van der Waals surface area contributed by atoms with Crippen molar-refractivity contribution in [1.82, 2.24) is 5.32 Å². The summed E-state index contributed by atoms with van der Waals surface area (Å²) in [5, 5.41) is 2.81. The molecule has 0 aliphatic rings. The van der Waals surface area contributed by atoms with Crippen molar-refractivity contribution in [2.45, 2.75) is 32.9 Å². The number of para-hydroxylation sites is 1. The minimum atomic E-state index is -0.842. The molecule has 0 saturated carbocycles. The van der Waals surface area contributed by atoms with E-state index >= 15 is 0 Å². The third-order valence-corrected chi connectivity index (χ3v) is 3.01. The van der Waals surface area contributed by atoms with Gasteiger partial charge in [-0.05, 0) is 38.5 Å². The van der Waals surface area contributed by atoms with Crippen LogP contribution in [-0.4, -0.2) is 17.7 Å². The van der Waals surface area contributed by atoms with Crippen molar-refractivity contribution in [2.24, 2.45) is 0 Å². The van der Waals surface area contributed by atoms with Crippen molar-refractivity contribution in [1.29, 1.82) is 0 Å². The second-order valence-electron chi connectivity index (χ2n) is 6.23. The lowest BCUT2D eigenvalue weighted by molar-refractivity contribution is 0.0205. The molecule has 0 fully saturated rings. The van der Waals surface area contributed by atoms with Gasteiger partial charge >= 0.3 is 6.16 Å². The predicted molar refractivity (Wildman–Crippen MR) is 90.9 cm³/mol. The maximum absolute atomic E-state index is 12.4. The molecule has 126 valence electrons. The van der Waals surface area contributed by atoms with Crippen LogP contribution in [-0.2, 0) is 11.3 Å². The number of hydrogen-bond acceptors (Lipinski definition) is 4. The van der Waals surface area contributed by atoms with Crippen LogP contribution in [0.5, 0.6) is 5.75 Å². The summed E-state index contributed by atoms with van der Waals surface area (Å²) in [5.41, 5.74) is 0.595. The SMILES string of the molecule is CC(C)(C)OC(=O)Oc1ccccc1C(=O)NCc1ccccc1. The summed E-state index contributed by atoms with van der Waals surface area (Å²) in [6, 6.07) is 16.1. The number of benzene rings is 2. The fraction of sp³-hybridized carbons (Fsp3) is 0.263. The van der Waals surface area contributed by atoms with Crippen molar-refractivity contribution >= 4 is 12.1 Å². The first-order chi connectivity index (χ1) is 11.3. The van der Waals surface area contributed by atoms with Gasteiger partial charge in [-0.25, -0.2) is 4.79 Å². The van der Waals surface area contributed by atoms with Gasteiger partial charge in [0.1, 0.15) is 11.4 Å². The Morgan fingerprint density at radius 3 is 2.25 bits per heavy atom. The standard InChI is InChI=1S/C19H21NO4/c1-19(2,3)24-18(22)23-16-12-8-7-11-15(16)17(21)20-13-14-9-5-4-6-10-14/h4-12H,13H2,1-3H3,(H,20,21). The molecule has 24 heavy (non-hydrogen) atoms. The maximum atomic E-state index is 12.4. The summed E-state index contributed by atoms with van der Waals surface area (Å²) in [6.45, 7) is 5.62. The van der Waals surface area contributed by atoms with E-state index in [0.717, 1.165) is 5.56 Å². The van der Waals surface area contributed by atoms with Crippen LogP contribution in [0.3, 0.4) is 0 Å². The van der Waals surface area contributed by atoms with E-state index in [-0.39, 0.29) is 17.2 Å². The maximum Gasteiger partial charge on any atom is 0.514 e. The molecular weight excluding hydrogens is 306 g/mol. The Kier molecular flexibility index (Phi) is 5.58. The van der Waals surface area contributed by atoms with Gasteiger partial charge < -0.3 is 14.8 Å². The lowest BCUT2D eigenvalue weighted by Gasteiger charge is -2.19. The lowest BCUT2D eigenvalue weighted by Crippen LogP contribution is -2.27. The Morgan fingerprint density at radius 1 is 0.958 bits per heavy atom. The molecule has 0 bridgehead atoms. The van der Waals surface area contributed by atoms with Crippen LogP contribution in [0.4, 0.5) is 4.79 Å². The Labute approximate surface area is 141 Å². The Balaban J connectivity index is 2.04. The minimum Gasteiger partial charge on any atom is -0.428 e. The molecule has 2 aromatic rings. The van der Waals surface area contributed by atoms with E-state index in [0.29, 0.717) is 6.54 Å². The fourth-order valence-electron chi connectivity index (χ4n) is 1.98. The van der Waals surface area contributed by atoms with E-state index in [4.69, 9.17) is 9.47 Å². The number of nitrogens with one attached hydrogen (secondary N) is 1. The third-order valence-electron chi connectivity index (χ3n) is 3.01. The van der Waals surface area contributed by atoms with Crippen LogP contribution in [0.25, 0.3) is 0 Å². The highest BCUT2D eigenvalue weighted by Gasteiger charge is 2.20. The Hall–Kier alpha value is -2.82. The van der Waals surface area contributed by atoms with Gasteiger partial charge in [-0.15, -0.1) is 0 Å². The topological polar surface area (TPSA) is 64.6 Å². The van der Waals surface area contributed by atoms with Gasteiger partial charge in [-0.2, -0.15) is 0 Å². The van der Waals surface area contributed by atoms with Crippen molar-refractivity contribution in [3.05, 3.63) is 65.7 Å². The average molecular weight is 327 g/mol. The third kappa shape index (κ3) is 5.43. The molecule has 0 unspecified atom stereocenters. The monoisotopic (exact) mass is 327 g/mol. The summed E-state index contributed by atoms with van der Waals surface area (Å²) in [5.74, 6) is -0.157. The highest BCUT2D eigenvalue weighted by molar-refractivity contribution is 5.97. The quantitative estimate of drug-likeness (QED) is 0.682. The van der Waals surface area contributed by atoms with Gasteiger partial charge in [0, 0.05) is 6.54 Å². The van der Waals surface area contributed by atoms with Crippen molar-refractivity contribution < 1.29 is 19.1 Å². The Morgan fingerprint density at radius 2 is 1.58 bits per heavy atom. The zero-order valence-corrected chi connectivity index (χ0v) is 14.0. The van der Waals surface area contributed by atoms with Crippen molar-refractivity contribution in [2.75, 3.05) is 0 Å². The van der Waals surface area contributed by atoms with Gasteiger partial charge in [0.25, 0.3) is 5.91 Å². The summed E-state index contributed by atoms with van der Waals surface area (Å²) >= 11 is 0. The second kappa shape index (κ2) is 7.64. The highest BCUT2D eigenvalue weighted by Crippen LogP contribution is 2.20. The molecule has 2 aromatic carbocycles. The van der Waals surface area contributed by atoms with Crippen molar-refractivity contribution in [3.8, 4) is 5.75 Å². The largest absolute Gasteiger partial charge is 0.514 e. The molecule has 0 atom stereocenters. The number of rotatable bonds is 4. The van der Waals surface area contributed by atoms with Crippen LogP contribution in [0.15, 0.2) is 54.6 Å². The average Bonchev–Trinajstić information content (AvgIpc) is 2.52. The zero-order valence-electron chi connectivity index (χ0n) is 14.0. The molecule has 0 aliphatic carbocycles. The summed E-state index contributed by atoms with van der Waals surface area (Å²) in [6.07, 6.45) is -0.842. The van der Waals surface area contributed by atoms with Gasteiger partial charge in [0.2, 0.25) is 0 Å². The summed E-state index contributed by atoms with van der Waals surface area (Å²) in [4.78, 5) is 24.2. The molecular formula is C19H21NO4. The Bertz CT molecular complexity index is 705. The first-order valence-corrected chi connectivity index (χ1v) is 7.67. The number of carbonyl (C=O) groups excluding carboxylic acids is 2. The first kappa shape index (κ1) is 17.5. The summed E-state index contributed by atoms with van der Waals surface area (Å²) < 4.78 is 10.3. The van der Waals surface area contributed by atoms with Crippen LogP contribution in [0.2, 0.25) is 0 Å². The molecule has 0 radical (unpaired) electrons. The van der Waals surface area contributed by atoms with Gasteiger partial charge in [-0.3, -0.25) is 4.79 Å². The smallest absolute Gasteiger partial charge is 0.428 e. The first-order valence-electron chi connectivity index (χ1n) is 7.67. The summed E-state index contributed by atoms with van der Waals surface area (Å²) in [7, 11) is 0. The van der Waals surface area contributed by atoms with E-state index in [2.05, 4.69) is 5.32 Å². The molecule has 5 heteroatoms. The normalized spacial score (nSPS) is 10.8. The number of carbonyl (C=O) groups is 2. The van der Waals surface area contributed by atoms with Gasteiger partial charge in [-0.1, -0.05) is 42.5 Å². The lowest BCUT2D eigenvalue weighted by atomic mass is 10.1. The van der Waals surface area contributed by atoms with E-state index < -0.39 is 11.8 Å². The van der Waals surface area contributed by atoms with Gasteiger partial charge in [0.05, 0.1) is 5.56 Å². The molecule has 2 rings (SSSR count). The zero-order chi connectivity index (χ0) is 17.6. The fourth-order valence-corrected chi connectivity index (χ4v) is 1.98. The molecule has 0 spiro atoms. The molecule has 1 amide bonds. The molecule has 0 aliphatic heterocycles. The van der Waals surface area contributed by atoms with E-state index in [1.54, 1.807) is 45.0 Å². The van der Waals surface area contributed by atoms with E-state index in [1.165, 1.54) is 0 Å². The van der Waals surface area contributed by atoms with Crippen LogP contribution in [0.1, 0.15) is 36.7 Å². The number of ether oxygens (including phenoxy) is 2. The highest BCUT2D eigenvalue weighted by atomic mass is 16.7. The number of hydrogen-bond donors (Lipinski definition) is 1. The molecule has 0 heterocycles. The van der Waals surface area contributed by atoms with E-state index in [1.807, 2.05) is 30.3 Å². The second-order valence-corrected chi connectivity index (χ2v) is 6.23. The predicted octanol–water partition coefficient (Wildman–Crippen LogP) is 3.93. The van der Waals surface area contributed by atoms with Crippen LogP contribution >= 0.6 is 0 Å². The molecule has 5 nitrogen and oxygen atoms in total. The van der Waals surface area contributed by atoms with E-state index in [9.17, 15) is 9.59 Å².